The highest BCUT2D eigenvalue weighted by Crippen LogP contribution is 2.47. The summed E-state index contributed by atoms with van der Waals surface area (Å²) in [6.45, 7) is 2.24. The summed E-state index contributed by atoms with van der Waals surface area (Å²) in [5.41, 5.74) is -0.248. The number of hydrogen-bond acceptors (Lipinski definition) is 3. The molecule has 0 amide bonds. The van der Waals surface area contributed by atoms with Crippen LogP contribution in [0.1, 0.15) is 25.7 Å². The molecule has 3 rings (SSSR count). The fourth-order valence-electron chi connectivity index (χ4n) is 4.04. The van der Waals surface area contributed by atoms with Gasteiger partial charge in [0.05, 0.1) is 12.1 Å². The van der Waals surface area contributed by atoms with E-state index in [9.17, 15) is 9.90 Å². The minimum Gasteiger partial charge on any atom is -0.394 e. The zero-order valence-corrected chi connectivity index (χ0v) is 9.56. The highest BCUT2D eigenvalue weighted by Gasteiger charge is 2.55. The van der Waals surface area contributed by atoms with Crippen LogP contribution in [0, 0.1) is 11.8 Å². The summed E-state index contributed by atoms with van der Waals surface area (Å²) >= 11 is 0. The van der Waals surface area contributed by atoms with Crippen molar-refractivity contribution in [3.8, 4) is 0 Å². The molecule has 1 N–H and O–H groups in total. The van der Waals surface area contributed by atoms with E-state index in [2.05, 4.69) is 4.90 Å². The first-order chi connectivity index (χ1) is 7.79. The SMILES string of the molecule is O=C1C=CC2CCCN3CCCC1C23CO. The fourth-order valence-corrected chi connectivity index (χ4v) is 4.04. The van der Waals surface area contributed by atoms with Gasteiger partial charge >= 0.3 is 0 Å². The van der Waals surface area contributed by atoms with Crippen molar-refractivity contribution in [1.82, 2.24) is 4.90 Å². The number of piperidine rings is 2. The Hall–Kier alpha value is -0.670. The molecule has 3 atom stereocenters. The number of nitrogens with zero attached hydrogens (tertiary/aromatic N) is 1. The van der Waals surface area contributed by atoms with Gasteiger partial charge in [0.1, 0.15) is 0 Å². The van der Waals surface area contributed by atoms with Gasteiger partial charge in [-0.15, -0.1) is 0 Å². The smallest absolute Gasteiger partial charge is 0.160 e. The monoisotopic (exact) mass is 221 g/mol. The van der Waals surface area contributed by atoms with Crippen molar-refractivity contribution >= 4 is 5.78 Å². The molecular weight excluding hydrogens is 202 g/mol. The van der Waals surface area contributed by atoms with Crippen molar-refractivity contribution in [2.75, 3.05) is 19.7 Å². The quantitative estimate of drug-likeness (QED) is 0.717. The molecule has 0 spiro atoms. The van der Waals surface area contributed by atoms with Crippen LogP contribution in [0.2, 0.25) is 0 Å². The summed E-state index contributed by atoms with van der Waals surface area (Å²) in [6, 6.07) is 0. The first-order valence-electron chi connectivity index (χ1n) is 6.37. The Kier molecular flexibility index (Phi) is 2.41. The van der Waals surface area contributed by atoms with E-state index >= 15 is 0 Å². The third kappa shape index (κ3) is 1.19. The molecule has 0 aromatic heterocycles. The molecular formula is C13H19NO2. The zero-order valence-electron chi connectivity index (χ0n) is 9.56. The maximum Gasteiger partial charge on any atom is 0.160 e. The molecule has 1 aliphatic carbocycles. The van der Waals surface area contributed by atoms with E-state index in [4.69, 9.17) is 0 Å². The van der Waals surface area contributed by atoms with Crippen LogP contribution in [0.3, 0.4) is 0 Å². The molecule has 88 valence electrons. The number of carbonyl (C=O) groups is 1. The number of aliphatic hydroxyl groups excluding tert-OH is 1. The summed E-state index contributed by atoms with van der Waals surface area (Å²) in [5, 5.41) is 9.87. The molecule has 0 saturated carbocycles. The third-order valence-corrected chi connectivity index (χ3v) is 4.79. The molecule has 3 nitrogen and oxygen atoms in total. The lowest BCUT2D eigenvalue weighted by Crippen LogP contribution is -2.68. The molecule has 3 unspecified atom stereocenters. The second-order valence-corrected chi connectivity index (χ2v) is 5.34. The van der Waals surface area contributed by atoms with E-state index in [1.54, 1.807) is 6.08 Å². The second-order valence-electron chi connectivity index (χ2n) is 5.34. The van der Waals surface area contributed by atoms with Gasteiger partial charge in [0.25, 0.3) is 0 Å². The minimum absolute atomic E-state index is 0.0431. The van der Waals surface area contributed by atoms with Gasteiger partial charge in [0.15, 0.2) is 5.78 Å². The first-order valence-corrected chi connectivity index (χ1v) is 6.37. The Bertz CT molecular complexity index is 337. The predicted octanol–water partition coefficient (Wildman–Crippen LogP) is 0.978. The standard InChI is InChI=1S/C13H19NO2/c15-9-13-10-3-1-7-14(13)8-2-4-11(13)12(16)6-5-10/h5-6,10-11,15H,1-4,7-9H2. The highest BCUT2D eigenvalue weighted by atomic mass is 16.3. The van der Waals surface area contributed by atoms with E-state index in [0.29, 0.717) is 5.92 Å². The Labute approximate surface area is 96.1 Å². The molecule has 0 aromatic rings. The number of rotatable bonds is 1. The largest absolute Gasteiger partial charge is 0.394 e. The van der Waals surface area contributed by atoms with E-state index in [1.165, 1.54) is 6.42 Å². The topological polar surface area (TPSA) is 40.5 Å². The van der Waals surface area contributed by atoms with Crippen LogP contribution in [0.25, 0.3) is 0 Å². The molecule has 0 bridgehead atoms. The second kappa shape index (κ2) is 3.67. The first kappa shape index (κ1) is 10.5. The molecule has 2 heterocycles. The lowest BCUT2D eigenvalue weighted by atomic mass is 9.61. The van der Waals surface area contributed by atoms with Crippen LogP contribution in [0.15, 0.2) is 12.2 Å². The maximum absolute atomic E-state index is 12.0. The van der Waals surface area contributed by atoms with Crippen LogP contribution in [0.5, 0.6) is 0 Å². The van der Waals surface area contributed by atoms with Crippen LogP contribution in [-0.4, -0.2) is 41.0 Å². The molecule has 0 radical (unpaired) electrons. The number of carbonyl (C=O) groups excluding carboxylic acids is 1. The van der Waals surface area contributed by atoms with Crippen molar-refractivity contribution < 1.29 is 9.90 Å². The predicted molar refractivity (Wildman–Crippen MR) is 61.0 cm³/mol. The van der Waals surface area contributed by atoms with Gasteiger partial charge in [-0.1, -0.05) is 6.08 Å². The molecule has 2 saturated heterocycles. The van der Waals surface area contributed by atoms with Gasteiger partial charge in [-0.25, -0.2) is 0 Å². The van der Waals surface area contributed by atoms with E-state index < -0.39 is 0 Å². The average molecular weight is 221 g/mol. The maximum atomic E-state index is 12.0. The Morgan fingerprint density at radius 1 is 1.38 bits per heavy atom. The molecule has 3 heteroatoms. The summed E-state index contributed by atoms with van der Waals surface area (Å²) in [4.78, 5) is 14.4. The van der Waals surface area contributed by atoms with E-state index in [-0.39, 0.29) is 23.8 Å². The molecule has 2 fully saturated rings. The van der Waals surface area contributed by atoms with E-state index in [0.717, 1.165) is 32.4 Å². The molecule has 0 aromatic carbocycles. The van der Waals surface area contributed by atoms with E-state index in [1.807, 2.05) is 6.08 Å². The lowest BCUT2D eigenvalue weighted by molar-refractivity contribution is -0.141. The van der Waals surface area contributed by atoms with Crippen LogP contribution >= 0.6 is 0 Å². The molecule has 3 aliphatic rings. The number of hydrogen-bond donors (Lipinski definition) is 1. The number of aliphatic hydroxyl groups is 1. The Morgan fingerprint density at radius 3 is 2.88 bits per heavy atom. The van der Waals surface area contributed by atoms with Crippen LogP contribution in [0.4, 0.5) is 0 Å². The number of allylic oxidation sites excluding steroid dienone is 1. The van der Waals surface area contributed by atoms with Gasteiger partial charge in [0, 0.05) is 5.92 Å². The molecule has 2 aliphatic heterocycles. The van der Waals surface area contributed by atoms with Crippen LogP contribution in [-0.2, 0) is 4.79 Å². The lowest BCUT2D eigenvalue weighted by Gasteiger charge is -2.58. The van der Waals surface area contributed by atoms with Crippen LogP contribution < -0.4 is 0 Å². The normalized spacial score (nSPS) is 43.2. The van der Waals surface area contributed by atoms with Crippen molar-refractivity contribution in [3.05, 3.63) is 12.2 Å². The van der Waals surface area contributed by atoms with Crippen molar-refractivity contribution in [2.45, 2.75) is 31.2 Å². The van der Waals surface area contributed by atoms with Gasteiger partial charge in [-0.05, 0) is 50.8 Å². The Morgan fingerprint density at radius 2 is 2.12 bits per heavy atom. The fraction of sp³-hybridized carbons (Fsp3) is 0.769. The number of ketones is 1. The highest BCUT2D eigenvalue weighted by molar-refractivity contribution is 5.94. The average Bonchev–Trinajstić information content (AvgIpc) is 2.33. The summed E-state index contributed by atoms with van der Waals surface area (Å²) < 4.78 is 0. The van der Waals surface area contributed by atoms with Crippen molar-refractivity contribution in [1.29, 1.82) is 0 Å². The van der Waals surface area contributed by atoms with Gasteiger partial charge in [-0.2, -0.15) is 0 Å². The Balaban J connectivity index is 2.07. The summed E-state index contributed by atoms with van der Waals surface area (Å²) in [6.07, 6.45) is 8.18. The zero-order chi connectivity index (χ0) is 11.2. The van der Waals surface area contributed by atoms with Crippen molar-refractivity contribution in [2.24, 2.45) is 11.8 Å². The van der Waals surface area contributed by atoms with Gasteiger partial charge in [0.2, 0.25) is 0 Å². The van der Waals surface area contributed by atoms with Gasteiger partial charge < -0.3 is 5.11 Å². The molecule has 16 heavy (non-hydrogen) atoms. The summed E-state index contributed by atoms with van der Waals surface area (Å²) in [7, 11) is 0. The minimum atomic E-state index is -0.248. The van der Waals surface area contributed by atoms with Crippen molar-refractivity contribution in [3.63, 3.8) is 0 Å². The summed E-state index contributed by atoms with van der Waals surface area (Å²) in [5.74, 6) is 0.660. The third-order valence-electron chi connectivity index (χ3n) is 4.79. The van der Waals surface area contributed by atoms with Gasteiger partial charge in [-0.3, -0.25) is 9.69 Å².